The summed E-state index contributed by atoms with van der Waals surface area (Å²) in [5.41, 5.74) is 3.02. The highest BCUT2D eigenvalue weighted by Crippen LogP contribution is 2.32. The molecule has 0 aliphatic heterocycles. The summed E-state index contributed by atoms with van der Waals surface area (Å²) in [6.07, 6.45) is 9.30. The molecule has 0 aromatic heterocycles. The van der Waals surface area contributed by atoms with Crippen molar-refractivity contribution >= 4 is 0 Å². The lowest BCUT2D eigenvalue weighted by Crippen LogP contribution is -2.31. The molecule has 1 saturated carbocycles. The van der Waals surface area contributed by atoms with Gasteiger partial charge in [-0.2, -0.15) is 0 Å². The molecule has 1 aliphatic rings. The highest BCUT2D eigenvalue weighted by atomic mass is 14.9. The number of aryl methyl sites for hydroxylation is 1. The second-order valence-electron chi connectivity index (χ2n) is 5.63. The van der Waals surface area contributed by atoms with E-state index in [0.717, 1.165) is 0 Å². The molecule has 2 atom stereocenters. The predicted octanol–water partition coefficient (Wildman–Crippen LogP) is 4.27. The van der Waals surface area contributed by atoms with Crippen molar-refractivity contribution in [2.45, 2.75) is 63.8 Å². The third-order valence-corrected chi connectivity index (χ3v) is 4.33. The van der Waals surface area contributed by atoms with Gasteiger partial charge < -0.3 is 5.32 Å². The van der Waals surface area contributed by atoms with Gasteiger partial charge in [0.1, 0.15) is 0 Å². The lowest BCUT2D eigenvalue weighted by molar-refractivity contribution is 0.439. The molecule has 1 nitrogen and oxygen atoms in total. The Morgan fingerprint density at radius 2 is 1.78 bits per heavy atom. The van der Waals surface area contributed by atoms with E-state index >= 15 is 0 Å². The second-order valence-corrected chi connectivity index (χ2v) is 5.63. The van der Waals surface area contributed by atoms with Crippen LogP contribution in [0.3, 0.4) is 0 Å². The zero-order chi connectivity index (χ0) is 12.8. The van der Waals surface area contributed by atoms with Gasteiger partial charge in [0.2, 0.25) is 0 Å². The number of rotatable bonds is 4. The summed E-state index contributed by atoms with van der Waals surface area (Å²) in [4.78, 5) is 0. The van der Waals surface area contributed by atoms with Crippen LogP contribution in [0.5, 0.6) is 0 Å². The van der Waals surface area contributed by atoms with Gasteiger partial charge in [-0.1, -0.05) is 56.9 Å². The molecule has 0 saturated heterocycles. The van der Waals surface area contributed by atoms with Crippen molar-refractivity contribution in [1.82, 2.24) is 5.32 Å². The predicted molar refractivity (Wildman–Crippen MR) is 79.1 cm³/mol. The van der Waals surface area contributed by atoms with Crippen molar-refractivity contribution in [3.05, 3.63) is 35.4 Å². The molecule has 0 bridgehead atoms. The minimum atomic E-state index is 0.671. The molecule has 1 heteroatoms. The summed E-state index contributed by atoms with van der Waals surface area (Å²) in [7, 11) is 2.12. The fourth-order valence-corrected chi connectivity index (χ4v) is 3.27. The van der Waals surface area contributed by atoms with Crippen LogP contribution in [0, 0.1) is 0 Å². The number of nitrogens with one attached hydrogen (secondary N) is 1. The molecule has 0 spiro atoms. The first-order valence-corrected chi connectivity index (χ1v) is 7.61. The minimum Gasteiger partial charge on any atom is -0.316 e. The van der Waals surface area contributed by atoms with Crippen LogP contribution in [0.25, 0.3) is 0 Å². The molecule has 18 heavy (non-hydrogen) atoms. The molecule has 1 aromatic carbocycles. The molecule has 1 N–H and O–H groups in total. The summed E-state index contributed by atoms with van der Waals surface area (Å²) in [6, 6.07) is 10.1. The van der Waals surface area contributed by atoms with Crippen molar-refractivity contribution in [1.29, 1.82) is 0 Å². The summed E-state index contributed by atoms with van der Waals surface area (Å²) in [6.45, 7) is 2.25. The first-order chi connectivity index (χ1) is 8.85. The van der Waals surface area contributed by atoms with E-state index < -0.39 is 0 Å². The molecule has 0 heterocycles. The maximum absolute atomic E-state index is 3.53. The van der Waals surface area contributed by atoms with E-state index in [1.165, 1.54) is 56.1 Å². The Labute approximate surface area is 112 Å². The quantitative estimate of drug-likeness (QED) is 0.781. The largest absolute Gasteiger partial charge is 0.316 e. The maximum Gasteiger partial charge on any atom is 0.0133 e. The third kappa shape index (κ3) is 3.35. The van der Waals surface area contributed by atoms with Crippen LogP contribution in [-0.4, -0.2) is 13.1 Å². The first kappa shape index (κ1) is 13.6. The molecule has 2 rings (SSSR count). The molecule has 0 radical (unpaired) electrons. The van der Waals surface area contributed by atoms with E-state index in [2.05, 4.69) is 43.6 Å². The van der Waals surface area contributed by atoms with Gasteiger partial charge in [0.05, 0.1) is 0 Å². The highest BCUT2D eigenvalue weighted by molar-refractivity contribution is 5.27. The van der Waals surface area contributed by atoms with Crippen LogP contribution in [-0.2, 0) is 6.42 Å². The highest BCUT2D eigenvalue weighted by Gasteiger charge is 2.23. The average molecular weight is 245 g/mol. The van der Waals surface area contributed by atoms with Gasteiger partial charge in [0, 0.05) is 6.04 Å². The zero-order valence-corrected chi connectivity index (χ0v) is 11.9. The van der Waals surface area contributed by atoms with Gasteiger partial charge in [-0.25, -0.2) is 0 Å². The van der Waals surface area contributed by atoms with Crippen molar-refractivity contribution in [2.24, 2.45) is 0 Å². The maximum atomic E-state index is 3.53. The Kier molecular flexibility index (Phi) is 5.25. The number of hydrogen-bond acceptors (Lipinski definition) is 1. The van der Waals surface area contributed by atoms with Crippen LogP contribution < -0.4 is 5.32 Å². The van der Waals surface area contributed by atoms with Crippen LogP contribution >= 0.6 is 0 Å². The van der Waals surface area contributed by atoms with Crippen LogP contribution in [0.1, 0.15) is 62.5 Å². The van der Waals surface area contributed by atoms with E-state index in [0.29, 0.717) is 12.0 Å². The Balaban J connectivity index is 2.11. The Morgan fingerprint density at radius 3 is 2.44 bits per heavy atom. The van der Waals surface area contributed by atoms with Crippen LogP contribution in [0.2, 0.25) is 0 Å². The Hall–Kier alpha value is -0.820. The van der Waals surface area contributed by atoms with Gasteiger partial charge in [-0.3, -0.25) is 0 Å². The average Bonchev–Trinajstić information content (AvgIpc) is 2.65. The standard InChI is InChI=1S/C17H27N/c1-3-7-14-10-12-15(13-11-14)16-8-5-4-6-9-17(16)18-2/h10-13,16-18H,3-9H2,1-2H3. The first-order valence-electron chi connectivity index (χ1n) is 7.61. The monoisotopic (exact) mass is 245 g/mol. The van der Waals surface area contributed by atoms with Gasteiger partial charge in [-0.15, -0.1) is 0 Å². The molecular weight excluding hydrogens is 218 g/mol. The molecule has 1 aromatic rings. The van der Waals surface area contributed by atoms with E-state index in [4.69, 9.17) is 0 Å². The Bertz CT molecular complexity index is 341. The SMILES string of the molecule is CCCc1ccc(C2CCCCCC2NC)cc1. The third-order valence-electron chi connectivity index (χ3n) is 4.33. The summed E-state index contributed by atoms with van der Waals surface area (Å²) in [5, 5.41) is 3.53. The molecule has 1 fully saturated rings. The lowest BCUT2D eigenvalue weighted by atomic mass is 9.87. The second kappa shape index (κ2) is 6.94. The normalized spacial score (nSPS) is 24.8. The molecule has 0 amide bonds. The molecule has 1 aliphatic carbocycles. The fourth-order valence-electron chi connectivity index (χ4n) is 3.27. The number of benzene rings is 1. The van der Waals surface area contributed by atoms with Crippen LogP contribution in [0.4, 0.5) is 0 Å². The van der Waals surface area contributed by atoms with Crippen molar-refractivity contribution in [2.75, 3.05) is 7.05 Å². The van der Waals surface area contributed by atoms with E-state index in [-0.39, 0.29) is 0 Å². The van der Waals surface area contributed by atoms with Gasteiger partial charge >= 0.3 is 0 Å². The summed E-state index contributed by atoms with van der Waals surface area (Å²) >= 11 is 0. The van der Waals surface area contributed by atoms with E-state index in [1.807, 2.05) is 0 Å². The van der Waals surface area contributed by atoms with E-state index in [1.54, 1.807) is 0 Å². The topological polar surface area (TPSA) is 12.0 Å². The van der Waals surface area contributed by atoms with Crippen LogP contribution in [0.15, 0.2) is 24.3 Å². The van der Waals surface area contributed by atoms with Gasteiger partial charge in [-0.05, 0) is 43.4 Å². The molecule has 2 unspecified atom stereocenters. The lowest BCUT2D eigenvalue weighted by Gasteiger charge is -2.25. The summed E-state index contributed by atoms with van der Waals surface area (Å²) < 4.78 is 0. The van der Waals surface area contributed by atoms with Crippen molar-refractivity contribution in [3.63, 3.8) is 0 Å². The minimum absolute atomic E-state index is 0.671. The fraction of sp³-hybridized carbons (Fsp3) is 0.647. The smallest absolute Gasteiger partial charge is 0.0133 e. The van der Waals surface area contributed by atoms with Gasteiger partial charge in [0.25, 0.3) is 0 Å². The number of hydrogen-bond donors (Lipinski definition) is 1. The number of likely N-dealkylation sites (N-methyl/N-ethyl adjacent to an activating group) is 1. The van der Waals surface area contributed by atoms with Gasteiger partial charge in [0.15, 0.2) is 0 Å². The molecule has 100 valence electrons. The van der Waals surface area contributed by atoms with Crippen molar-refractivity contribution in [3.8, 4) is 0 Å². The summed E-state index contributed by atoms with van der Waals surface area (Å²) in [5.74, 6) is 0.716. The Morgan fingerprint density at radius 1 is 1.06 bits per heavy atom. The zero-order valence-electron chi connectivity index (χ0n) is 11.9. The molecular formula is C17H27N. The van der Waals surface area contributed by atoms with Crippen molar-refractivity contribution < 1.29 is 0 Å². The van der Waals surface area contributed by atoms with E-state index in [9.17, 15) is 0 Å².